The van der Waals surface area contributed by atoms with E-state index in [2.05, 4.69) is 15.9 Å². The number of hydrogen-bond acceptors (Lipinski definition) is 1. The molecule has 3 heteroatoms. The van der Waals surface area contributed by atoms with Crippen LogP contribution in [-0.4, -0.2) is 5.11 Å². The fourth-order valence-electron chi connectivity index (χ4n) is 1.64. The Morgan fingerprint density at radius 2 is 2.08 bits per heavy atom. The second-order valence-electron chi connectivity index (χ2n) is 3.49. The third-order valence-electron chi connectivity index (χ3n) is 2.63. The van der Waals surface area contributed by atoms with Gasteiger partial charge in [0.05, 0.1) is 10.6 Å². The molecule has 2 rings (SSSR count). The molecule has 0 unspecified atom stereocenters. The fourth-order valence-corrected chi connectivity index (χ4v) is 2.31. The van der Waals surface area contributed by atoms with E-state index in [1.807, 2.05) is 18.2 Å². The van der Waals surface area contributed by atoms with Crippen molar-refractivity contribution in [2.45, 2.75) is 24.9 Å². The summed E-state index contributed by atoms with van der Waals surface area (Å²) < 4.78 is 0.854. The van der Waals surface area contributed by atoms with Gasteiger partial charge in [0.1, 0.15) is 0 Å². The van der Waals surface area contributed by atoms with Crippen molar-refractivity contribution in [2.75, 3.05) is 0 Å². The molecule has 0 saturated heterocycles. The van der Waals surface area contributed by atoms with Gasteiger partial charge in [-0.3, -0.25) is 0 Å². The van der Waals surface area contributed by atoms with Gasteiger partial charge in [0.15, 0.2) is 0 Å². The molecule has 70 valence electrons. The average Bonchev–Trinajstić information content (AvgIpc) is 2.06. The molecule has 1 aliphatic rings. The maximum atomic E-state index is 10.1. The van der Waals surface area contributed by atoms with E-state index in [-0.39, 0.29) is 0 Å². The molecule has 0 atom stereocenters. The van der Waals surface area contributed by atoms with E-state index in [1.54, 1.807) is 0 Å². The molecule has 1 aromatic rings. The number of rotatable bonds is 1. The quantitative estimate of drug-likeness (QED) is 0.821. The topological polar surface area (TPSA) is 20.2 Å². The van der Waals surface area contributed by atoms with E-state index in [0.29, 0.717) is 5.02 Å². The molecule has 1 saturated carbocycles. The summed E-state index contributed by atoms with van der Waals surface area (Å²) in [5.41, 5.74) is 0.190. The summed E-state index contributed by atoms with van der Waals surface area (Å²) in [4.78, 5) is 0. The van der Waals surface area contributed by atoms with Gasteiger partial charge in [0.25, 0.3) is 0 Å². The lowest BCUT2D eigenvalue weighted by atomic mass is 9.75. The first-order valence-electron chi connectivity index (χ1n) is 4.30. The van der Waals surface area contributed by atoms with Crippen LogP contribution in [-0.2, 0) is 5.60 Å². The van der Waals surface area contributed by atoms with Crippen LogP contribution in [0.5, 0.6) is 0 Å². The first kappa shape index (κ1) is 9.50. The van der Waals surface area contributed by atoms with Crippen LogP contribution in [0.4, 0.5) is 0 Å². The molecule has 0 radical (unpaired) electrons. The number of aliphatic hydroxyl groups is 1. The largest absolute Gasteiger partial charge is 0.385 e. The van der Waals surface area contributed by atoms with Gasteiger partial charge >= 0.3 is 0 Å². The minimum absolute atomic E-state index is 0.643. The lowest BCUT2D eigenvalue weighted by molar-refractivity contribution is -0.0387. The van der Waals surface area contributed by atoms with Crippen LogP contribution >= 0.6 is 27.5 Å². The predicted octanol–water partition coefficient (Wildman–Crippen LogP) is 3.47. The van der Waals surface area contributed by atoms with E-state index < -0.39 is 5.60 Å². The molecule has 0 heterocycles. The van der Waals surface area contributed by atoms with E-state index >= 15 is 0 Å². The van der Waals surface area contributed by atoms with Crippen molar-refractivity contribution in [3.05, 3.63) is 33.3 Å². The minimum atomic E-state index is -0.666. The molecule has 1 aliphatic carbocycles. The van der Waals surface area contributed by atoms with Crippen LogP contribution in [0.1, 0.15) is 24.8 Å². The zero-order chi connectivity index (χ0) is 9.47. The van der Waals surface area contributed by atoms with Gasteiger partial charge < -0.3 is 5.11 Å². The SMILES string of the molecule is OC1(c2cccc(Br)c2Cl)CCC1. The Balaban J connectivity index is 2.45. The van der Waals surface area contributed by atoms with Crippen LogP contribution in [0.15, 0.2) is 22.7 Å². The second kappa shape index (κ2) is 3.26. The molecule has 0 aromatic heterocycles. The maximum Gasteiger partial charge on any atom is 0.0911 e. The van der Waals surface area contributed by atoms with Crippen molar-refractivity contribution in [1.82, 2.24) is 0 Å². The van der Waals surface area contributed by atoms with Crippen LogP contribution in [0.2, 0.25) is 5.02 Å². The normalized spacial score (nSPS) is 19.6. The second-order valence-corrected chi connectivity index (χ2v) is 4.72. The molecule has 0 amide bonds. The Hall–Kier alpha value is -0.0500. The highest BCUT2D eigenvalue weighted by atomic mass is 79.9. The van der Waals surface area contributed by atoms with Crippen LogP contribution in [0, 0.1) is 0 Å². The molecule has 1 aromatic carbocycles. The van der Waals surface area contributed by atoms with Gasteiger partial charge in [-0.25, -0.2) is 0 Å². The molecule has 13 heavy (non-hydrogen) atoms. The summed E-state index contributed by atoms with van der Waals surface area (Å²) in [5.74, 6) is 0. The van der Waals surface area contributed by atoms with Crippen molar-refractivity contribution in [1.29, 1.82) is 0 Å². The van der Waals surface area contributed by atoms with E-state index in [0.717, 1.165) is 29.3 Å². The van der Waals surface area contributed by atoms with Gasteiger partial charge in [0, 0.05) is 10.0 Å². The summed E-state index contributed by atoms with van der Waals surface area (Å²) in [6.07, 6.45) is 2.73. The average molecular weight is 262 g/mol. The van der Waals surface area contributed by atoms with E-state index in [9.17, 15) is 5.11 Å². The summed E-state index contributed by atoms with van der Waals surface area (Å²) in [5, 5.41) is 10.7. The first-order valence-corrected chi connectivity index (χ1v) is 5.47. The summed E-state index contributed by atoms with van der Waals surface area (Å²) in [6.45, 7) is 0. The highest BCUT2D eigenvalue weighted by Crippen LogP contribution is 2.45. The highest BCUT2D eigenvalue weighted by molar-refractivity contribution is 9.10. The van der Waals surface area contributed by atoms with Gasteiger partial charge in [0.2, 0.25) is 0 Å². The third kappa shape index (κ3) is 1.51. The predicted molar refractivity (Wildman–Crippen MR) is 56.9 cm³/mol. The molecule has 1 nitrogen and oxygen atoms in total. The van der Waals surface area contributed by atoms with Crippen molar-refractivity contribution in [3.8, 4) is 0 Å². The van der Waals surface area contributed by atoms with Gasteiger partial charge in [-0.2, -0.15) is 0 Å². The summed E-state index contributed by atoms with van der Waals surface area (Å²) in [7, 11) is 0. The van der Waals surface area contributed by atoms with Crippen LogP contribution in [0.25, 0.3) is 0 Å². The van der Waals surface area contributed by atoms with Gasteiger partial charge in [-0.1, -0.05) is 23.7 Å². The van der Waals surface area contributed by atoms with Gasteiger partial charge in [-0.05, 0) is 41.3 Å². The first-order chi connectivity index (χ1) is 6.13. The Morgan fingerprint density at radius 1 is 1.38 bits per heavy atom. The molecular weight excluding hydrogens is 251 g/mol. The number of hydrogen-bond donors (Lipinski definition) is 1. The highest BCUT2D eigenvalue weighted by Gasteiger charge is 2.37. The standard InChI is InChI=1S/C10H10BrClO/c11-8-4-1-3-7(9(8)12)10(13)5-2-6-10/h1,3-4,13H,2,5-6H2. The van der Waals surface area contributed by atoms with Crippen LogP contribution in [0.3, 0.4) is 0 Å². The molecule has 0 bridgehead atoms. The maximum absolute atomic E-state index is 10.1. The lowest BCUT2D eigenvalue weighted by Crippen LogP contribution is -2.33. The summed E-state index contributed by atoms with van der Waals surface area (Å²) >= 11 is 9.43. The van der Waals surface area contributed by atoms with E-state index in [4.69, 9.17) is 11.6 Å². The van der Waals surface area contributed by atoms with Crippen LogP contribution < -0.4 is 0 Å². The minimum Gasteiger partial charge on any atom is -0.385 e. The lowest BCUT2D eigenvalue weighted by Gasteiger charge is -2.37. The Labute approximate surface area is 90.9 Å². The zero-order valence-electron chi connectivity index (χ0n) is 7.06. The zero-order valence-corrected chi connectivity index (χ0v) is 9.40. The Kier molecular flexibility index (Phi) is 2.39. The third-order valence-corrected chi connectivity index (χ3v) is 3.93. The number of halogens is 2. The number of benzene rings is 1. The molecule has 1 fully saturated rings. The van der Waals surface area contributed by atoms with Crippen molar-refractivity contribution >= 4 is 27.5 Å². The van der Waals surface area contributed by atoms with Crippen molar-refractivity contribution < 1.29 is 5.11 Å². The van der Waals surface area contributed by atoms with Crippen molar-refractivity contribution in [3.63, 3.8) is 0 Å². The fraction of sp³-hybridized carbons (Fsp3) is 0.400. The Bertz CT molecular complexity index is 334. The molecule has 1 N–H and O–H groups in total. The Morgan fingerprint density at radius 3 is 2.62 bits per heavy atom. The van der Waals surface area contributed by atoms with Crippen molar-refractivity contribution in [2.24, 2.45) is 0 Å². The molecular formula is C10H10BrClO. The monoisotopic (exact) mass is 260 g/mol. The molecule has 0 aliphatic heterocycles. The molecule has 0 spiro atoms. The van der Waals surface area contributed by atoms with E-state index in [1.165, 1.54) is 0 Å². The van der Waals surface area contributed by atoms with Gasteiger partial charge in [-0.15, -0.1) is 0 Å². The smallest absolute Gasteiger partial charge is 0.0911 e. The summed E-state index contributed by atoms with van der Waals surface area (Å²) in [6, 6.07) is 5.68.